The molecule has 0 bridgehead atoms. The van der Waals surface area contributed by atoms with E-state index in [1.54, 1.807) is 18.2 Å². The molecule has 0 spiro atoms. The minimum Gasteiger partial charge on any atom is -0.463 e. The molecule has 2 aliphatic rings. The van der Waals surface area contributed by atoms with Crippen LogP contribution in [0.2, 0.25) is 0 Å². The average molecular weight is 552 g/mol. The molecule has 0 aromatic heterocycles. The summed E-state index contributed by atoms with van der Waals surface area (Å²) in [7, 11) is 0. The molecule has 0 aliphatic carbocycles. The predicted octanol–water partition coefficient (Wildman–Crippen LogP) is 1.97. The third kappa shape index (κ3) is 7.14. The third-order valence-corrected chi connectivity index (χ3v) is 6.47. The highest BCUT2D eigenvalue weighted by molar-refractivity contribution is 8.26. The summed E-state index contributed by atoms with van der Waals surface area (Å²) in [6.07, 6.45) is -5.12. The summed E-state index contributed by atoms with van der Waals surface area (Å²) in [5, 5.41) is 0. The molecule has 0 saturated carbocycles. The highest BCUT2D eigenvalue weighted by Gasteiger charge is 2.56. The maximum Gasteiger partial charge on any atom is 0.303 e. The Labute approximate surface area is 222 Å². The van der Waals surface area contributed by atoms with E-state index in [-0.39, 0.29) is 9.23 Å². The largest absolute Gasteiger partial charge is 0.463 e. The van der Waals surface area contributed by atoms with Crippen molar-refractivity contribution < 1.29 is 47.7 Å². The zero-order valence-corrected chi connectivity index (χ0v) is 22.0. The van der Waals surface area contributed by atoms with Gasteiger partial charge in [0, 0.05) is 27.7 Å². The van der Waals surface area contributed by atoms with Crippen molar-refractivity contribution in [3.8, 4) is 0 Å². The van der Waals surface area contributed by atoms with E-state index < -0.39 is 67.0 Å². The van der Waals surface area contributed by atoms with E-state index >= 15 is 0 Å². The highest BCUT2D eigenvalue weighted by atomic mass is 32.2. The van der Waals surface area contributed by atoms with Gasteiger partial charge in [-0.1, -0.05) is 54.3 Å². The number of thioether (sulfide) groups is 1. The first-order valence-electron chi connectivity index (χ1n) is 11.1. The first-order valence-corrected chi connectivity index (χ1v) is 12.3. The zero-order valence-electron chi connectivity index (χ0n) is 20.4. The fourth-order valence-electron chi connectivity index (χ4n) is 3.81. The van der Waals surface area contributed by atoms with Crippen molar-refractivity contribution in [2.24, 2.45) is 0 Å². The number of carbonyl (C=O) groups excluding carboxylic acids is 5. The molecule has 1 aromatic carbocycles. The molecule has 2 saturated heterocycles. The number of amides is 1. The number of hydrogen-bond donors (Lipinski definition) is 0. The van der Waals surface area contributed by atoms with Gasteiger partial charge in [-0.3, -0.25) is 28.9 Å². The minimum absolute atomic E-state index is 0.0908. The molecule has 0 unspecified atom stereocenters. The summed E-state index contributed by atoms with van der Waals surface area (Å²) in [5.41, 5.74) is 0.754. The lowest BCUT2D eigenvalue weighted by atomic mass is 9.96. The molecule has 2 heterocycles. The van der Waals surface area contributed by atoms with Gasteiger partial charge in [0.2, 0.25) is 0 Å². The number of hydrogen-bond acceptors (Lipinski definition) is 12. The normalized spacial score (nSPS) is 26.5. The van der Waals surface area contributed by atoms with Gasteiger partial charge >= 0.3 is 23.9 Å². The molecular weight excluding hydrogens is 526 g/mol. The van der Waals surface area contributed by atoms with Crippen molar-refractivity contribution in [2.45, 2.75) is 58.3 Å². The van der Waals surface area contributed by atoms with Crippen LogP contribution >= 0.6 is 24.0 Å². The molecule has 3 rings (SSSR count). The number of benzene rings is 1. The second-order valence-corrected chi connectivity index (χ2v) is 9.73. The van der Waals surface area contributed by atoms with Crippen LogP contribution in [-0.4, -0.2) is 76.3 Å². The molecule has 37 heavy (non-hydrogen) atoms. The van der Waals surface area contributed by atoms with E-state index in [1.807, 2.05) is 18.2 Å². The van der Waals surface area contributed by atoms with Crippen LogP contribution in [0, 0.1) is 0 Å². The van der Waals surface area contributed by atoms with Crippen molar-refractivity contribution >= 4 is 64.2 Å². The molecular formula is C24H25NO10S2. The average Bonchev–Trinajstić information content (AvgIpc) is 3.07. The van der Waals surface area contributed by atoms with E-state index in [1.165, 1.54) is 6.92 Å². The van der Waals surface area contributed by atoms with E-state index in [4.69, 9.17) is 35.9 Å². The Morgan fingerprint density at radius 2 is 1.49 bits per heavy atom. The van der Waals surface area contributed by atoms with Gasteiger partial charge in [0.15, 0.2) is 28.9 Å². The number of carbonyl (C=O) groups is 5. The summed E-state index contributed by atoms with van der Waals surface area (Å²) < 4.78 is 27.4. The monoisotopic (exact) mass is 551 g/mol. The molecule has 11 nitrogen and oxygen atoms in total. The van der Waals surface area contributed by atoms with Crippen LogP contribution in [-0.2, 0) is 47.7 Å². The Kier molecular flexibility index (Phi) is 9.40. The van der Waals surface area contributed by atoms with E-state index in [2.05, 4.69) is 0 Å². The third-order valence-electron chi connectivity index (χ3n) is 5.14. The number of nitrogens with zero attached hydrogens (tertiary/aromatic N) is 1. The molecule has 2 fully saturated rings. The van der Waals surface area contributed by atoms with E-state index in [0.29, 0.717) is 0 Å². The molecule has 5 atom stereocenters. The standard InChI is InChI=1S/C24H25NO10S2/c1-12(26)31-11-17-19(32-13(2)27)20(33-14(3)28)21(34-15(4)29)23(35-17)25-22(30)18(37-24(25)36)10-16-8-6-5-7-9-16/h5-10,17,19-21,23H,11H2,1-4H3/t17-,19-,20+,21-,23-/m1/s1. The van der Waals surface area contributed by atoms with Crippen molar-refractivity contribution in [1.29, 1.82) is 0 Å². The fourth-order valence-corrected chi connectivity index (χ4v) is 5.12. The maximum atomic E-state index is 13.5. The molecule has 2 aliphatic heterocycles. The first-order chi connectivity index (χ1) is 17.5. The Hall–Kier alpha value is -3.29. The molecule has 0 N–H and O–H groups in total. The van der Waals surface area contributed by atoms with Crippen molar-refractivity contribution in [1.82, 2.24) is 4.90 Å². The van der Waals surface area contributed by atoms with Crippen molar-refractivity contribution in [3.05, 3.63) is 40.8 Å². The van der Waals surface area contributed by atoms with Crippen LogP contribution in [0.15, 0.2) is 35.2 Å². The van der Waals surface area contributed by atoms with Gasteiger partial charge in [0.25, 0.3) is 5.91 Å². The van der Waals surface area contributed by atoms with Crippen LogP contribution in [0.1, 0.15) is 33.3 Å². The first kappa shape index (κ1) is 28.3. The van der Waals surface area contributed by atoms with Crippen LogP contribution < -0.4 is 0 Å². The van der Waals surface area contributed by atoms with Gasteiger partial charge in [0.05, 0.1) is 4.91 Å². The van der Waals surface area contributed by atoms with Crippen LogP contribution in [0.3, 0.4) is 0 Å². The fraction of sp³-hybridized carbons (Fsp3) is 0.417. The molecule has 1 aromatic rings. The zero-order chi connectivity index (χ0) is 27.3. The van der Waals surface area contributed by atoms with Crippen LogP contribution in [0.4, 0.5) is 0 Å². The Bertz CT molecular complexity index is 1120. The lowest BCUT2D eigenvalue weighted by Gasteiger charge is -2.46. The molecule has 198 valence electrons. The van der Waals surface area contributed by atoms with E-state index in [0.717, 1.165) is 43.0 Å². The maximum absolute atomic E-state index is 13.5. The topological polar surface area (TPSA) is 135 Å². The smallest absolute Gasteiger partial charge is 0.303 e. The van der Waals surface area contributed by atoms with Gasteiger partial charge < -0.3 is 23.7 Å². The van der Waals surface area contributed by atoms with Gasteiger partial charge in [0.1, 0.15) is 12.7 Å². The van der Waals surface area contributed by atoms with Crippen LogP contribution in [0.25, 0.3) is 6.08 Å². The Morgan fingerprint density at radius 1 is 0.919 bits per heavy atom. The summed E-state index contributed by atoms with van der Waals surface area (Å²) in [5.74, 6) is -3.50. The number of esters is 4. The second-order valence-electron chi connectivity index (χ2n) is 8.05. The van der Waals surface area contributed by atoms with Crippen molar-refractivity contribution in [2.75, 3.05) is 6.61 Å². The number of thiocarbonyl (C=S) groups is 1. The van der Waals surface area contributed by atoms with Gasteiger partial charge in [-0.25, -0.2) is 0 Å². The second kappa shape index (κ2) is 12.3. The van der Waals surface area contributed by atoms with Crippen molar-refractivity contribution in [3.63, 3.8) is 0 Å². The summed E-state index contributed by atoms with van der Waals surface area (Å²) >= 11 is 6.46. The van der Waals surface area contributed by atoms with Gasteiger partial charge in [-0.05, 0) is 11.6 Å². The Morgan fingerprint density at radius 3 is 2.05 bits per heavy atom. The lowest BCUT2D eigenvalue weighted by Crippen LogP contribution is -2.66. The van der Waals surface area contributed by atoms with E-state index in [9.17, 15) is 24.0 Å². The molecule has 1 amide bonds. The highest BCUT2D eigenvalue weighted by Crippen LogP contribution is 2.39. The summed E-state index contributed by atoms with van der Waals surface area (Å²) in [4.78, 5) is 62.3. The number of rotatable bonds is 7. The number of ether oxygens (including phenoxy) is 5. The van der Waals surface area contributed by atoms with Gasteiger partial charge in [-0.15, -0.1) is 0 Å². The summed E-state index contributed by atoms with van der Waals surface area (Å²) in [6, 6.07) is 9.07. The quantitative estimate of drug-likeness (QED) is 0.212. The van der Waals surface area contributed by atoms with Crippen LogP contribution in [0.5, 0.6) is 0 Å². The Balaban J connectivity index is 2.05. The predicted molar refractivity (Wildman–Crippen MR) is 133 cm³/mol. The van der Waals surface area contributed by atoms with Gasteiger partial charge in [-0.2, -0.15) is 0 Å². The minimum atomic E-state index is -1.43. The molecule has 0 radical (unpaired) electrons. The lowest BCUT2D eigenvalue weighted by molar-refractivity contribution is -0.268. The summed E-state index contributed by atoms with van der Waals surface area (Å²) in [6.45, 7) is 4.11. The SMILES string of the molecule is CC(=O)OC[C@H]1O[C@@H](N2C(=O)C(=Cc3ccccc3)SC2=S)[C@H](OC(C)=O)[C@@H](OC(C)=O)[C@@H]1OC(C)=O. The molecule has 13 heteroatoms.